The molecule has 8 rings (SSSR count). The smallest absolute Gasteiger partial charge is 0.125 e. The first-order valence-electron chi connectivity index (χ1n) is 12.3. The summed E-state index contributed by atoms with van der Waals surface area (Å²) in [6, 6.07) is 3.59. The van der Waals surface area contributed by atoms with Crippen LogP contribution in [0, 0.1) is 5.41 Å². The summed E-state index contributed by atoms with van der Waals surface area (Å²) in [5.74, 6) is 3.30. The van der Waals surface area contributed by atoms with Gasteiger partial charge in [-0.15, -0.1) is 0 Å². The Morgan fingerprint density at radius 3 is 2.76 bits per heavy atom. The first kappa shape index (κ1) is 18.4. The fourth-order valence-electron chi connectivity index (χ4n) is 7.32. The maximum atomic E-state index is 6.69. The topological polar surface area (TPSA) is 19.6 Å². The third-order valence-electron chi connectivity index (χ3n) is 8.52. The molecule has 3 heteroatoms. The Balaban J connectivity index is 1.42. The molecule has 0 radical (unpaired) electrons. The summed E-state index contributed by atoms with van der Waals surface area (Å²) in [5.41, 5.74) is 1.97. The van der Waals surface area contributed by atoms with E-state index in [0.29, 0.717) is 23.4 Å². The molecule has 0 N–H and O–H groups in total. The summed E-state index contributed by atoms with van der Waals surface area (Å²) in [7, 11) is 0. The van der Waals surface area contributed by atoms with Gasteiger partial charge in [-0.1, -0.05) is 24.3 Å². The standard InChI is InChI=1S/C26H36N2O/c1-2-5-9-14-27-16-13-23-22-17-21(12-8-3-1)29-24(22)25-26(23,19-27)18-20-11-7-4-6-10-15-28(20)25/h1,3,7,11,17,20,23,25H,2,4-6,8-10,12-16,18-19H2/b3-1-,11-7-/t20-,23-,25-,26-/m0/s1. The molecule has 29 heavy (non-hydrogen) atoms. The normalized spacial score (nSPS) is 41.8. The van der Waals surface area contributed by atoms with Crippen molar-refractivity contribution in [3.05, 3.63) is 47.5 Å². The summed E-state index contributed by atoms with van der Waals surface area (Å²) in [5, 5.41) is 0. The molecule has 7 aliphatic rings. The number of aryl methyl sites for hydroxylation is 1. The van der Waals surface area contributed by atoms with Gasteiger partial charge in [-0.25, -0.2) is 0 Å². The van der Waals surface area contributed by atoms with Gasteiger partial charge in [0.1, 0.15) is 11.5 Å². The van der Waals surface area contributed by atoms with Crippen molar-refractivity contribution < 1.29 is 4.42 Å². The number of piperidine rings is 1. The molecule has 0 amide bonds. The van der Waals surface area contributed by atoms with E-state index < -0.39 is 0 Å². The molecular formula is C26H36N2O. The van der Waals surface area contributed by atoms with Gasteiger partial charge in [0, 0.05) is 24.4 Å². The van der Waals surface area contributed by atoms with E-state index in [-0.39, 0.29) is 0 Å². The lowest BCUT2D eigenvalue weighted by molar-refractivity contribution is 0.0364. The van der Waals surface area contributed by atoms with Gasteiger partial charge in [-0.05, 0) is 95.0 Å². The number of hydrogen-bond acceptors (Lipinski definition) is 3. The Kier molecular flexibility index (Phi) is 4.72. The fourth-order valence-corrected chi connectivity index (χ4v) is 7.32. The van der Waals surface area contributed by atoms with E-state index in [1.807, 2.05) is 0 Å². The van der Waals surface area contributed by atoms with Crippen LogP contribution < -0.4 is 0 Å². The molecule has 0 aromatic carbocycles. The minimum absolute atomic E-state index is 0.378. The quantitative estimate of drug-likeness (QED) is 0.536. The van der Waals surface area contributed by atoms with Gasteiger partial charge in [0.25, 0.3) is 0 Å². The summed E-state index contributed by atoms with van der Waals surface area (Å²) in [4.78, 5) is 5.66. The molecule has 1 aliphatic carbocycles. The van der Waals surface area contributed by atoms with Crippen molar-refractivity contribution in [3.8, 4) is 0 Å². The number of nitrogens with zero attached hydrogens (tertiary/aromatic N) is 2. The molecular weight excluding hydrogens is 356 g/mol. The van der Waals surface area contributed by atoms with Crippen molar-refractivity contribution in [1.82, 2.24) is 9.80 Å². The average molecular weight is 393 g/mol. The molecule has 0 saturated carbocycles. The van der Waals surface area contributed by atoms with Crippen LogP contribution >= 0.6 is 0 Å². The Bertz CT molecular complexity index is 808. The Hall–Kier alpha value is -1.32. The van der Waals surface area contributed by atoms with Gasteiger partial charge < -0.3 is 9.32 Å². The first-order chi connectivity index (χ1) is 14.4. The number of rotatable bonds is 0. The van der Waals surface area contributed by atoms with Crippen molar-refractivity contribution >= 4 is 0 Å². The van der Waals surface area contributed by atoms with Gasteiger partial charge in [0.05, 0.1) is 6.04 Å². The van der Waals surface area contributed by atoms with E-state index in [1.165, 1.54) is 89.1 Å². The molecule has 1 spiro atoms. The predicted molar refractivity (Wildman–Crippen MR) is 117 cm³/mol. The summed E-state index contributed by atoms with van der Waals surface area (Å²) in [6.07, 6.45) is 22.5. The van der Waals surface area contributed by atoms with E-state index in [1.54, 1.807) is 5.56 Å². The summed E-state index contributed by atoms with van der Waals surface area (Å²) < 4.78 is 6.69. The van der Waals surface area contributed by atoms with Crippen molar-refractivity contribution in [3.63, 3.8) is 0 Å². The second-order valence-electron chi connectivity index (χ2n) is 10.2. The SMILES string of the molecule is C1=C\CCc2cc3c(o2)[C@@H]2N4CCCC/C=C\[C@H]4C[C@@]24CN(CCCC/1)CC[C@@H]34. The van der Waals surface area contributed by atoms with Crippen LogP contribution in [0.15, 0.2) is 34.8 Å². The van der Waals surface area contributed by atoms with E-state index in [9.17, 15) is 0 Å². The fraction of sp³-hybridized carbons (Fsp3) is 0.692. The maximum absolute atomic E-state index is 6.69. The zero-order valence-electron chi connectivity index (χ0n) is 17.8. The molecule has 2 saturated heterocycles. The van der Waals surface area contributed by atoms with Gasteiger partial charge >= 0.3 is 0 Å². The molecule has 7 heterocycles. The van der Waals surface area contributed by atoms with Gasteiger partial charge in [-0.2, -0.15) is 0 Å². The monoisotopic (exact) mass is 392 g/mol. The highest BCUT2D eigenvalue weighted by molar-refractivity contribution is 5.42. The van der Waals surface area contributed by atoms with Crippen LogP contribution in [0.3, 0.4) is 0 Å². The summed E-state index contributed by atoms with van der Waals surface area (Å²) in [6.45, 7) is 5.07. The Morgan fingerprint density at radius 1 is 0.931 bits per heavy atom. The number of fused-ring (bicyclic) bond motifs is 2. The number of hydrogen-bond donors (Lipinski definition) is 0. The number of furan rings is 1. The van der Waals surface area contributed by atoms with Crippen LogP contribution in [0.25, 0.3) is 0 Å². The summed E-state index contributed by atoms with van der Waals surface area (Å²) >= 11 is 0. The van der Waals surface area contributed by atoms with E-state index in [4.69, 9.17) is 4.42 Å². The Morgan fingerprint density at radius 2 is 1.79 bits per heavy atom. The Labute approximate surface area is 175 Å². The largest absolute Gasteiger partial charge is 0.464 e. The highest BCUT2D eigenvalue weighted by Gasteiger charge is 2.64. The van der Waals surface area contributed by atoms with E-state index in [2.05, 4.69) is 40.2 Å². The van der Waals surface area contributed by atoms with Crippen LogP contribution in [-0.2, 0) is 6.42 Å². The maximum Gasteiger partial charge on any atom is 0.125 e. The lowest BCUT2D eigenvalue weighted by atomic mass is 9.68. The molecule has 1 unspecified atom stereocenters. The van der Waals surface area contributed by atoms with Crippen LogP contribution in [-0.4, -0.2) is 42.0 Å². The third-order valence-corrected chi connectivity index (χ3v) is 8.52. The van der Waals surface area contributed by atoms with Gasteiger partial charge in [0.2, 0.25) is 0 Å². The molecule has 6 bridgehead atoms. The van der Waals surface area contributed by atoms with Crippen LogP contribution in [0.5, 0.6) is 0 Å². The second kappa shape index (κ2) is 7.42. The van der Waals surface area contributed by atoms with Gasteiger partial charge in [0.15, 0.2) is 0 Å². The molecule has 1 aromatic heterocycles. The molecule has 6 aliphatic heterocycles. The molecule has 2 fully saturated rings. The minimum Gasteiger partial charge on any atom is -0.464 e. The van der Waals surface area contributed by atoms with E-state index in [0.717, 1.165) is 12.8 Å². The highest BCUT2D eigenvalue weighted by Crippen LogP contribution is 2.67. The molecule has 3 nitrogen and oxygen atoms in total. The zero-order valence-corrected chi connectivity index (χ0v) is 17.8. The van der Waals surface area contributed by atoms with Crippen LogP contribution in [0.4, 0.5) is 0 Å². The molecule has 5 atom stereocenters. The zero-order chi connectivity index (χ0) is 19.3. The average Bonchev–Trinajstić information content (AvgIpc) is 3.29. The van der Waals surface area contributed by atoms with E-state index >= 15 is 0 Å². The van der Waals surface area contributed by atoms with Crippen molar-refractivity contribution in [2.24, 2.45) is 5.41 Å². The lowest BCUT2D eigenvalue weighted by Crippen LogP contribution is -2.47. The third kappa shape index (κ3) is 2.99. The number of allylic oxidation sites excluding steroid dienone is 3. The van der Waals surface area contributed by atoms with Crippen LogP contribution in [0.2, 0.25) is 0 Å². The highest BCUT2D eigenvalue weighted by atomic mass is 16.3. The molecule has 1 aromatic rings. The first-order valence-corrected chi connectivity index (χ1v) is 12.3. The predicted octanol–water partition coefficient (Wildman–Crippen LogP) is 5.60. The van der Waals surface area contributed by atoms with Crippen molar-refractivity contribution in [1.29, 1.82) is 0 Å². The molecule has 156 valence electrons. The van der Waals surface area contributed by atoms with Crippen molar-refractivity contribution in [2.45, 2.75) is 82.2 Å². The van der Waals surface area contributed by atoms with Gasteiger partial charge in [-0.3, -0.25) is 4.90 Å². The second-order valence-corrected chi connectivity index (χ2v) is 10.2. The lowest BCUT2D eigenvalue weighted by Gasteiger charge is -2.45. The van der Waals surface area contributed by atoms with Crippen molar-refractivity contribution in [2.75, 3.05) is 26.2 Å². The minimum atomic E-state index is 0.378. The van der Waals surface area contributed by atoms with Crippen LogP contribution in [0.1, 0.15) is 86.8 Å².